The van der Waals surface area contributed by atoms with Crippen LogP contribution in [0.25, 0.3) is 0 Å². The molecule has 0 fully saturated rings. The predicted octanol–water partition coefficient (Wildman–Crippen LogP) is 2.23. The summed E-state index contributed by atoms with van der Waals surface area (Å²) in [5.41, 5.74) is 1.49. The first-order valence-corrected chi connectivity index (χ1v) is 4.89. The van der Waals surface area contributed by atoms with Crippen LogP contribution in [0.1, 0.15) is 21.5 Å². The van der Waals surface area contributed by atoms with E-state index in [1.54, 1.807) is 13.8 Å². The third-order valence-electron chi connectivity index (χ3n) is 2.37. The molecule has 0 radical (unpaired) electrons. The van der Waals surface area contributed by atoms with E-state index in [4.69, 9.17) is 21.4 Å². The summed E-state index contributed by atoms with van der Waals surface area (Å²) in [5.74, 6) is -2.45. The quantitative estimate of drug-likeness (QED) is 0.652. The van der Waals surface area contributed by atoms with Gasteiger partial charge in [0, 0.05) is 0 Å². The maximum Gasteiger partial charge on any atom is 0.377 e. The molecular weight excluding hydrogens is 232 g/mol. The summed E-state index contributed by atoms with van der Waals surface area (Å²) in [4.78, 5) is 22.0. The number of carboxylic acids is 1. The molecule has 0 atom stereocenters. The van der Waals surface area contributed by atoms with Crippen molar-refractivity contribution in [3.05, 3.63) is 27.8 Å². The fourth-order valence-electron chi connectivity index (χ4n) is 1.34. The molecule has 1 aromatic carbocycles. The molecular formula is C11H11ClO4. The van der Waals surface area contributed by atoms with Gasteiger partial charge in [-0.1, -0.05) is 11.6 Å². The maximum absolute atomic E-state index is 11.4. The Morgan fingerprint density at radius 3 is 2.38 bits per heavy atom. The predicted molar refractivity (Wildman–Crippen MR) is 59.4 cm³/mol. The number of aryl methyl sites for hydroxylation is 1. The molecule has 0 bridgehead atoms. The average Bonchev–Trinajstić information content (AvgIpc) is 2.24. The number of Topliss-reactive ketones (excluding diaryl/α,β-unsaturated/α-hetero) is 1. The van der Waals surface area contributed by atoms with E-state index in [0.29, 0.717) is 0 Å². The summed E-state index contributed by atoms with van der Waals surface area (Å²) in [6.45, 7) is 3.52. The highest BCUT2D eigenvalue weighted by Crippen LogP contribution is 2.34. The molecule has 0 aliphatic rings. The van der Waals surface area contributed by atoms with E-state index in [0.717, 1.165) is 11.1 Å². The van der Waals surface area contributed by atoms with Crippen LogP contribution in [0.2, 0.25) is 5.02 Å². The van der Waals surface area contributed by atoms with Crippen LogP contribution in [0, 0.1) is 13.8 Å². The number of carbonyl (C=O) groups excluding carboxylic acids is 1. The molecule has 86 valence electrons. The lowest BCUT2D eigenvalue weighted by atomic mass is 10.0. The van der Waals surface area contributed by atoms with Crippen LogP contribution < -0.4 is 4.74 Å². The average molecular weight is 243 g/mol. The maximum atomic E-state index is 11.4. The number of carboxylic acid groups (broad SMARTS) is 1. The third-order valence-corrected chi connectivity index (χ3v) is 2.82. The van der Waals surface area contributed by atoms with Gasteiger partial charge in [-0.3, -0.25) is 4.79 Å². The van der Waals surface area contributed by atoms with Crippen molar-refractivity contribution in [2.24, 2.45) is 0 Å². The van der Waals surface area contributed by atoms with Gasteiger partial charge in [-0.15, -0.1) is 0 Å². The van der Waals surface area contributed by atoms with Crippen LogP contribution in [0.4, 0.5) is 0 Å². The molecule has 0 spiro atoms. The number of aliphatic carboxylic acids is 1. The van der Waals surface area contributed by atoms with E-state index in [9.17, 15) is 9.59 Å². The fourth-order valence-corrected chi connectivity index (χ4v) is 1.66. The number of hydrogen-bond donors (Lipinski definition) is 1. The number of halogens is 1. The minimum absolute atomic E-state index is 0.0249. The molecule has 0 aromatic heterocycles. The lowest BCUT2D eigenvalue weighted by molar-refractivity contribution is -0.131. The van der Waals surface area contributed by atoms with E-state index in [1.807, 2.05) is 0 Å². The first-order chi connectivity index (χ1) is 7.40. The number of benzene rings is 1. The van der Waals surface area contributed by atoms with Crippen molar-refractivity contribution in [2.45, 2.75) is 13.8 Å². The molecule has 0 amide bonds. The number of ether oxygens (including phenoxy) is 1. The second-order valence-electron chi connectivity index (χ2n) is 3.35. The van der Waals surface area contributed by atoms with Gasteiger partial charge >= 0.3 is 5.97 Å². The minimum Gasteiger partial charge on any atom is -0.494 e. The lowest BCUT2D eigenvalue weighted by Gasteiger charge is -2.12. The first kappa shape index (κ1) is 12.5. The van der Waals surface area contributed by atoms with Crippen LogP contribution in [-0.2, 0) is 4.79 Å². The van der Waals surface area contributed by atoms with Gasteiger partial charge < -0.3 is 9.84 Å². The minimum atomic E-state index is -1.53. The van der Waals surface area contributed by atoms with Gasteiger partial charge in [0.15, 0.2) is 0 Å². The van der Waals surface area contributed by atoms with Crippen molar-refractivity contribution >= 4 is 23.4 Å². The van der Waals surface area contributed by atoms with E-state index in [1.165, 1.54) is 13.2 Å². The molecule has 1 N–H and O–H groups in total. The topological polar surface area (TPSA) is 63.6 Å². The molecule has 0 aliphatic heterocycles. The molecule has 5 heteroatoms. The van der Waals surface area contributed by atoms with Crippen LogP contribution in [0.3, 0.4) is 0 Å². The Bertz CT molecular complexity index is 466. The van der Waals surface area contributed by atoms with Crippen molar-refractivity contribution in [2.75, 3.05) is 7.11 Å². The van der Waals surface area contributed by atoms with E-state index < -0.39 is 11.8 Å². The Balaban J connectivity index is 3.51. The number of carbonyl (C=O) groups is 2. The van der Waals surface area contributed by atoms with Gasteiger partial charge in [0.05, 0.1) is 17.7 Å². The molecule has 1 rings (SSSR count). The van der Waals surface area contributed by atoms with Gasteiger partial charge in [0.1, 0.15) is 5.75 Å². The number of ketones is 1. The normalized spacial score (nSPS) is 10.0. The smallest absolute Gasteiger partial charge is 0.377 e. The molecule has 1 aromatic rings. The molecule has 0 saturated carbocycles. The largest absolute Gasteiger partial charge is 0.494 e. The SMILES string of the molecule is COc1c(C(=O)C(=O)O)cc(C)c(C)c1Cl. The van der Waals surface area contributed by atoms with Gasteiger partial charge in [-0.25, -0.2) is 4.79 Å². The van der Waals surface area contributed by atoms with Crippen LogP contribution in [0.15, 0.2) is 6.07 Å². The van der Waals surface area contributed by atoms with Gasteiger partial charge in [-0.05, 0) is 31.0 Å². The van der Waals surface area contributed by atoms with Crippen molar-refractivity contribution in [1.29, 1.82) is 0 Å². The Hall–Kier alpha value is -1.55. The monoisotopic (exact) mass is 242 g/mol. The van der Waals surface area contributed by atoms with Crippen LogP contribution in [0.5, 0.6) is 5.75 Å². The molecule has 0 aliphatic carbocycles. The van der Waals surface area contributed by atoms with E-state index in [-0.39, 0.29) is 16.3 Å². The zero-order valence-electron chi connectivity index (χ0n) is 9.13. The second-order valence-corrected chi connectivity index (χ2v) is 3.73. The van der Waals surface area contributed by atoms with Crippen molar-refractivity contribution in [1.82, 2.24) is 0 Å². The van der Waals surface area contributed by atoms with Crippen molar-refractivity contribution < 1.29 is 19.4 Å². The third kappa shape index (κ3) is 2.02. The number of hydrogen-bond acceptors (Lipinski definition) is 3. The van der Waals surface area contributed by atoms with Crippen LogP contribution >= 0.6 is 11.6 Å². The van der Waals surface area contributed by atoms with Crippen molar-refractivity contribution in [3.8, 4) is 5.75 Å². The van der Waals surface area contributed by atoms with Crippen LogP contribution in [-0.4, -0.2) is 24.0 Å². The zero-order valence-corrected chi connectivity index (χ0v) is 9.88. The standard InChI is InChI=1S/C11H11ClO4/c1-5-4-7(9(13)11(14)15)10(16-3)8(12)6(5)2/h4H,1-3H3,(H,14,15). The van der Waals surface area contributed by atoms with Gasteiger partial charge in [0.25, 0.3) is 5.78 Å². The summed E-state index contributed by atoms with van der Waals surface area (Å²) in [6, 6.07) is 1.47. The highest BCUT2D eigenvalue weighted by atomic mass is 35.5. The summed E-state index contributed by atoms with van der Waals surface area (Å²) >= 11 is 5.98. The Morgan fingerprint density at radius 1 is 1.38 bits per heavy atom. The Labute approximate surface area is 97.8 Å². The number of methoxy groups -OCH3 is 1. The Kier molecular flexibility index (Phi) is 3.55. The summed E-state index contributed by atoms with van der Waals surface area (Å²) < 4.78 is 4.97. The fraction of sp³-hybridized carbons (Fsp3) is 0.273. The molecule has 0 saturated heterocycles. The van der Waals surface area contributed by atoms with Gasteiger partial charge in [0.2, 0.25) is 0 Å². The summed E-state index contributed by atoms with van der Waals surface area (Å²) in [5, 5.41) is 8.93. The highest BCUT2D eigenvalue weighted by molar-refractivity contribution is 6.42. The summed E-state index contributed by atoms with van der Waals surface area (Å²) in [6.07, 6.45) is 0. The van der Waals surface area contributed by atoms with Gasteiger partial charge in [-0.2, -0.15) is 0 Å². The molecule has 0 unspecified atom stereocenters. The van der Waals surface area contributed by atoms with E-state index >= 15 is 0 Å². The molecule has 0 heterocycles. The molecule has 16 heavy (non-hydrogen) atoms. The Morgan fingerprint density at radius 2 is 1.94 bits per heavy atom. The van der Waals surface area contributed by atoms with E-state index in [2.05, 4.69) is 0 Å². The number of rotatable bonds is 3. The zero-order chi connectivity index (χ0) is 12.5. The van der Waals surface area contributed by atoms with Crippen molar-refractivity contribution in [3.63, 3.8) is 0 Å². The second kappa shape index (κ2) is 4.53. The highest BCUT2D eigenvalue weighted by Gasteiger charge is 2.23. The summed E-state index contributed by atoms with van der Waals surface area (Å²) in [7, 11) is 1.34. The first-order valence-electron chi connectivity index (χ1n) is 4.51. The lowest BCUT2D eigenvalue weighted by Crippen LogP contribution is -2.14. The molecule has 4 nitrogen and oxygen atoms in total.